The van der Waals surface area contributed by atoms with Crippen LogP contribution in [-0.2, 0) is 11.2 Å². The maximum absolute atomic E-state index is 13.9. The molecule has 0 fully saturated rings. The van der Waals surface area contributed by atoms with E-state index in [1.165, 1.54) is 12.1 Å². The molecule has 2 atom stereocenters. The summed E-state index contributed by atoms with van der Waals surface area (Å²) in [6, 6.07) is 28.2. The summed E-state index contributed by atoms with van der Waals surface area (Å²) in [5, 5.41) is 9.58. The Bertz CT molecular complexity index is 1640. The van der Waals surface area contributed by atoms with E-state index in [4.69, 9.17) is 5.10 Å². The summed E-state index contributed by atoms with van der Waals surface area (Å²) >= 11 is 0. The largest absolute Gasteiger partial charge is 0.341 e. The summed E-state index contributed by atoms with van der Waals surface area (Å²) in [6.45, 7) is 1.91. The minimum atomic E-state index is -0.823. The minimum Gasteiger partial charge on any atom is -0.341 e. The summed E-state index contributed by atoms with van der Waals surface area (Å²) in [5.74, 6) is -1.31. The molecule has 4 aromatic carbocycles. The van der Waals surface area contributed by atoms with Gasteiger partial charge in [-0.3, -0.25) is 9.59 Å². The van der Waals surface area contributed by atoms with Gasteiger partial charge in [0.2, 0.25) is 0 Å². The zero-order chi connectivity index (χ0) is 25.5. The highest BCUT2D eigenvalue weighted by Gasteiger charge is 2.41. The van der Waals surface area contributed by atoms with E-state index in [0.717, 1.165) is 39.0 Å². The Morgan fingerprint density at radius 1 is 0.919 bits per heavy atom. The predicted molar refractivity (Wildman–Crippen MR) is 140 cm³/mol. The Hall–Kier alpha value is -4.58. The van der Waals surface area contributed by atoms with E-state index in [1.54, 1.807) is 18.2 Å². The number of aryl methyl sites for hydroxylation is 1. The second-order valence-corrected chi connectivity index (χ2v) is 9.34. The van der Waals surface area contributed by atoms with Crippen LogP contribution in [0.4, 0.5) is 4.39 Å². The van der Waals surface area contributed by atoms with Crippen molar-refractivity contribution in [2.75, 3.05) is 0 Å². The molecule has 6 heteroatoms. The fourth-order valence-corrected chi connectivity index (χ4v) is 5.41. The van der Waals surface area contributed by atoms with E-state index in [9.17, 15) is 14.0 Å². The Balaban J connectivity index is 1.47. The van der Waals surface area contributed by atoms with Crippen molar-refractivity contribution in [2.45, 2.75) is 25.3 Å². The third kappa shape index (κ3) is 4.00. The van der Waals surface area contributed by atoms with Gasteiger partial charge in [0.1, 0.15) is 5.82 Å². The second kappa shape index (κ2) is 9.13. The number of rotatable bonds is 4. The summed E-state index contributed by atoms with van der Waals surface area (Å²) < 4.78 is 15.7. The number of carbonyl (C=O) groups is 2. The molecule has 1 aliphatic rings. The number of benzene rings is 4. The molecule has 0 spiro atoms. The lowest BCUT2D eigenvalue weighted by molar-refractivity contribution is -0.121. The van der Waals surface area contributed by atoms with Crippen LogP contribution in [0.25, 0.3) is 16.5 Å². The van der Waals surface area contributed by atoms with Crippen LogP contribution in [0.1, 0.15) is 38.8 Å². The normalized spacial score (nSPS) is 17.0. The number of amides is 1. The van der Waals surface area contributed by atoms with Crippen molar-refractivity contribution < 1.29 is 14.0 Å². The first-order valence-electron chi connectivity index (χ1n) is 12.2. The van der Waals surface area contributed by atoms with Gasteiger partial charge in [-0.1, -0.05) is 66.7 Å². The van der Waals surface area contributed by atoms with Crippen molar-refractivity contribution in [3.63, 3.8) is 0 Å². The third-order valence-corrected chi connectivity index (χ3v) is 7.09. The molecular weight excluding hydrogens is 465 g/mol. The van der Waals surface area contributed by atoms with Gasteiger partial charge in [-0.2, -0.15) is 5.10 Å². The summed E-state index contributed by atoms with van der Waals surface area (Å²) in [7, 11) is 0. The van der Waals surface area contributed by atoms with Gasteiger partial charge in [-0.25, -0.2) is 9.07 Å². The van der Waals surface area contributed by atoms with Crippen LogP contribution in [0.2, 0.25) is 0 Å². The van der Waals surface area contributed by atoms with Gasteiger partial charge in [0.05, 0.1) is 29.5 Å². The van der Waals surface area contributed by atoms with Crippen molar-refractivity contribution in [1.29, 1.82) is 0 Å². The number of halogens is 1. The van der Waals surface area contributed by atoms with Gasteiger partial charge < -0.3 is 5.32 Å². The molecule has 0 saturated carbocycles. The Morgan fingerprint density at radius 2 is 1.62 bits per heavy atom. The first-order valence-corrected chi connectivity index (χ1v) is 12.2. The summed E-state index contributed by atoms with van der Waals surface area (Å²) in [5.41, 5.74) is 4.55. The van der Waals surface area contributed by atoms with Gasteiger partial charge >= 0.3 is 0 Å². The summed E-state index contributed by atoms with van der Waals surface area (Å²) in [4.78, 5) is 27.3. The number of nitrogens with zero attached hydrogens (tertiary/aromatic N) is 2. The zero-order valence-corrected chi connectivity index (χ0v) is 20.2. The molecule has 182 valence electrons. The van der Waals surface area contributed by atoms with E-state index in [1.807, 2.05) is 78.3 Å². The van der Waals surface area contributed by atoms with Crippen LogP contribution >= 0.6 is 0 Å². The molecule has 0 saturated heterocycles. The molecule has 1 heterocycles. The fraction of sp³-hybridized carbons (Fsp3) is 0.129. The van der Waals surface area contributed by atoms with E-state index in [2.05, 4.69) is 5.32 Å². The third-order valence-electron chi connectivity index (χ3n) is 7.09. The molecule has 1 amide bonds. The van der Waals surface area contributed by atoms with E-state index >= 15 is 0 Å². The molecule has 0 bridgehead atoms. The molecule has 0 aliphatic heterocycles. The highest BCUT2D eigenvalue weighted by Crippen LogP contribution is 2.39. The summed E-state index contributed by atoms with van der Waals surface area (Å²) in [6.07, 6.45) is 0.128. The van der Waals surface area contributed by atoms with Crippen LogP contribution in [0, 0.1) is 12.7 Å². The van der Waals surface area contributed by atoms with Crippen LogP contribution in [0.5, 0.6) is 0 Å². The number of aromatic nitrogens is 2. The first-order chi connectivity index (χ1) is 18.0. The second-order valence-electron chi connectivity index (χ2n) is 9.34. The molecule has 1 aromatic heterocycles. The molecular formula is C31H24FN3O2. The topological polar surface area (TPSA) is 64.0 Å². The quantitative estimate of drug-likeness (QED) is 0.361. The van der Waals surface area contributed by atoms with Gasteiger partial charge in [-0.05, 0) is 53.6 Å². The average Bonchev–Trinajstić information content (AvgIpc) is 3.25. The number of nitrogens with one attached hydrogen (secondary N) is 1. The molecule has 0 unspecified atom stereocenters. The predicted octanol–water partition coefficient (Wildman–Crippen LogP) is 5.53. The molecule has 1 aliphatic carbocycles. The lowest BCUT2D eigenvalue weighted by Gasteiger charge is -2.32. The maximum atomic E-state index is 13.9. The standard InChI is InChI=1S/C31H24FN3O2/c1-19-28-26(35(34-19)23-10-3-2-4-11-23)18-27(36)30(29(28)21-14-16-22(32)17-15-21)33-31(37)25-13-7-9-20-8-5-6-12-24(20)25/h2-17,29-30H,18H2,1H3,(H,33,37)/t29-,30+/m0/s1. The highest BCUT2D eigenvalue weighted by atomic mass is 19.1. The number of fused-ring (bicyclic) bond motifs is 2. The lowest BCUT2D eigenvalue weighted by Crippen LogP contribution is -2.48. The number of carbonyl (C=O) groups excluding carboxylic acids is 2. The van der Waals surface area contributed by atoms with Gasteiger partial charge in [0.15, 0.2) is 5.78 Å². The SMILES string of the molecule is Cc1nn(-c2ccccc2)c2c1[C@H](c1ccc(F)cc1)[C@H](NC(=O)c1cccc3ccccc13)C(=O)C2. The monoisotopic (exact) mass is 489 g/mol. The van der Waals surface area contributed by atoms with Crippen LogP contribution in [0.15, 0.2) is 97.1 Å². The zero-order valence-electron chi connectivity index (χ0n) is 20.2. The van der Waals surface area contributed by atoms with Crippen molar-refractivity contribution in [3.8, 4) is 5.69 Å². The fourth-order valence-electron chi connectivity index (χ4n) is 5.41. The molecule has 5 aromatic rings. The maximum Gasteiger partial charge on any atom is 0.252 e. The Morgan fingerprint density at radius 3 is 2.41 bits per heavy atom. The lowest BCUT2D eigenvalue weighted by atomic mass is 9.76. The van der Waals surface area contributed by atoms with Crippen LogP contribution in [0.3, 0.4) is 0 Å². The number of hydrogen-bond donors (Lipinski definition) is 1. The van der Waals surface area contributed by atoms with E-state index in [0.29, 0.717) is 5.56 Å². The molecule has 1 N–H and O–H groups in total. The van der Waals surface area contributed by atoms with E-state index < -0.39 is 12.0 Å². The molecule has 0 radical (unpaired) electrons. The minimum absolute atomic E-state index is 0.118. The van der Waals surface area contributed by atoms with Crippen LogP contribution in [-0.4, -0.2) is 27.5 Å². The van der Waals surface area contributed by atoms with Crippen molar-refractivity contribution in [1.82, 2.24) is 15.1 Å². The molecule has 5 nitrogen and oxygen atoms in total. The first kappa shape index (κ1) is 22.9. The molecule has 37 heavy (non-hydrogen) atoms. The Labute approximate surface area is 213 Å². The van der Waals surface area contributed by atoms with Crippen molar-refractivity contribution in [2.24, 2.45) is 0 Å². The number of hydrogen-bond acceptors (Lipinski definition) is 3. The van der Waals surface area contributed by atoms with Crippen molar-refractivity contribution >= 4 is 22.5 Å². The van der Waals surface area contributed by atoms with E-state index in [-0.39, 0.29) is 23.9 Å². The average molecular weight is 490 g/mol. The smallest absolute Gasteiger partial charge is 0.252 e. The number of Topliss-reactive ketones (excluding diaryl/α,β-unsaturated/α-hetero) is 1. The van der Waals surface area contributed by atoms with Gasteiger partial charge in [0.25, 0.3) is 5.91 Å². The highest BCUT2D eigenvalue weighted by molar-refractivity contribution is 6.08. The van der Waals surface area contributed by atoms with Gasteiger partial charge in [-0.15, -0.1) is 0 Å². The van der Waals surface area contributed by atoms with Crippen molar-refractivity contribution in [3.05, 3.63) is 131 Å². The van der Waals surface area contributed by atoms with Crippen LogP contribution < -0.4 is 5.32 Å². The number of para-hydroxylation sites is 1. The molecule has 6 rings (SSSR count). The van der Waals surface area contributed by atoms with Gasteiger partial charge in [0, 0.05) is 17.0 Å². The Kier molecular flexibility index (Phi) is 5.64. The number of ketones is 1.